The molecule has 3 aromatic carbocycles. The van der Waals surface area contributed by atoms with Gasteiger partial charge in [0.25, 0.3) is 16.9 Å². The van der Waals surface area contributed by atoms with Crippen LogP contribution in [0.3, 0.4) is 0 Å². The zero-order valence-corrected chi connectivity index (χ0v) is 17.6. The van der Waals surface area contributed by atoms with Crippen LogP contribution in [0.4, 0.5) is 23.0 Å². The number of aryl methyl sites for hydroxylation is 3. The molecule has 0 aliphatic heterocycles. The third-order valence-electron chi connectivity index (χ3n) is 4.69. The average molecular weight is 431 g/mol. The highest BCUT2D eigenvalue weighted by atomic mass is 19.5. The Morgan fingerprint density at radius 2 is 1.35 bits per heavy atom. The Morgan fingerprint density at radius 1 is 0.839 bits per heavy atom. The van der Waals surface area contributed by atoms with Crippen LogP contribution in [0.1, 0.15) is 23.6 Å². The Morgan fingerprint density at radius 3 is 1.90 bits per heavy atom. The minimum Gasteiger partial charge on any atom is -0.498 e. The summed E-state index contributed by atoms with van der Waals surface area (Å²) in [4.78, 5) is 11.5. The number of hydrogen-bond acceptors (Lipinski definition) is 1. The van der Waals surface area contributed by atoms with Gasteiger partial charge in [-0.05, 0) is 50.6 Å². The van der Waals surface area contributed by atoms with Crippen LogP contribution in [-0.2, 0) is 4.79 Å². The molecule has 0 unspecified atom stereocenters. The van der Waals surface area contributed by atoms with E-state index in [1.54, 1.807) is 0 Å². The SMILES string of the molecule is CC(=O)Nc1cc(C)c2c(c1)c1cc(C)cc(C)c1[o+]2-c1ccccc1.F[B-](F)(F)F. The quantitative estimate of drug-likeness (QED) is 0.200. The standard InChI is InChI=1S/C23H21NO2.BF4/c1-14-10-15(2)22-20(11-14)21-13-18(24-17(4)25)12-16(3)23(21)26(22)19-8-6-5-7-9-19;2-1(3,4)5/h5-13H,1-4H3;/q;-1/p+1. The van der Waals surface area contributed by atoms with E-state index >= 15 is 0 Å². The zero-order valence-electron chi connectivity index (χ0n) is 17.6. The van der Waals surface area contributed by atoms with Crippen LogP contribution in [-0.4, -0.2) is 13.2 Å². The van der Waals surface area contributed by atoms with Gasteiger partial charge in [-0.3, -0.25) is 4.79 Å². The number of carbonyl (C=O) groups excluding carboxylic acids is 1. The van der Waals surface area contributed by atoms with Gasteiger partial charge in [0, 0.05) is 35.9 Å². The molecule has 1 amide bonds. The molecular weight excluding hydrogens is 409 g/mol. The summed E-state index contributed by atoms with van der Waals surface area (Å²) in [5.74, 6) is 1.00. The van der Waals surface area contributed by atoms with Crippen molar-refractivity contribution in [3.63, 3.8) is 0 Å². The summed E-state index contributed by atoms with van der Waals surface area (Å²) in [6.45, 7) is 7.88. The fourth-order valence-corrected chi connectivity index (χ4v) is 3.84. The lowest BCUT2D eigenvalue weighted by molar-refractivity contribution is -0.114. The molecule has 1 heterocycles. The van der Waals surface area contributed by atoms with E-state index in [0.29, 0.717) is 0 Å². The number of benzene rings is 3. The van der Waals surface area contributed by atoms with E-state index in [9.17, 15) is 22.1 Å². The highest BCUT2D eigenvalue weighted by molar-refractivity contribution is 6.50. The number of hydrogen-bond donors (Lipinski definition) is 1. The van der Waals surface area contributed by atoms with E-state index in [1.807, 2.05) is 24.3 Å². The maximum Gasteiger partial charge on any atom is 0.673 e. The minimum absolute atomic E-state index is 0.0597. The molecule has 0 aliphatic carbocycles. The fraction of sp³-hybridized carbons (Fsp3) is 0.174. The van der Waals surface area contributed by atoms with Crippen molar-refractivity contribution in [2.24, 2.45) is 0 Å². The largest absolute Gasteiger partial charge is 0.673 e. The summed E-state index contributed by atoms with van der Waals surface area (Å²) in [6.07, 6.45) is 0. The lowest BCUT2D eigenvalue weighted by Gasteiger charge is -2.08. The molecule has 3 nitrogen and oxygen atoms in total. The lowest BCUT2D eigenvalue weighted by Crippen LogP contribution is -2.05. The topological polar surface area (TPSA) is 31.8 Å². The molecular formula is C23H22BF4NO2. The van der Waals surface area contributed by atoms with E-state index in [2.05, 4.69) is 60.5 Å². The predicted molar refractivity (Wildman–Crippen MR) is 118 cm³/mol. The summed E-state index contributed by atoms with van der Waals surface area (Å²) >= 11 is 0. The molecule has 0 aliphatic rings. The van der Waals surface area contributed by atoms with Gasteiger partial charge in [-0.1, -0.05) is 18.2 Å². The molecule has 4 aromatic rings. The Kier molecular flexibility index (Phi) is 6.11. The van der Waals surface area contributed by atoms with Crippen molar-refractivity contribution in [3.8, 4) is 5.75 Å². The van der Waals surface area contributed by atoms with Crippen LogP contribution >= 0.6 is 0 Å². The number of amides is 1. The number of nitrogens with one attached hydrogen (secondary N) is 1. The van der Waals surface area contributed by atoms with Gasteiger partial charge in [-0.15, -0.1) is 0 Å². The first-order valence-electron chi connectivity index (χ1n) is 9.66. The first-order chi connectivity index (χ1) is 14.5. The zero-order chi connectivity index (χ0) is 22.9. The van der Waals surface area contributed by atoms with Gasteiger partial charge in [0.1, 0.15) is 0 Å². The number of carbonyl (C=O) groups is 1. The van der Waals surface area contributed by atoms with Gasteiger partial charge in [0.2, 0.25) is 5.91 Å². The van der Waals surface area contributed by atoms with Gasteiger partial charge in [-0.2, -0.15) is 0 Å². The molecule has 1 aromatic heterocycles. The van der Waals surface area contributed by atoms with Crippen molar-refractivity contribution in [2.75, 3.05) is 5.32 Å². The Hall–Kier alpha value is -3.29. The van der Waals surface area contributed by atoms with E-state index < -0.39 is 7.25 Å². The van der Waals surface area contributed by atoms with Gasteiger partial charge < -0.3 is 26.6 Å². The van der Waals surface area contributed by atoms with Gasteiger partial charge in [0.05, 0.1) is 10.8 Å². The highest BCUT2D eigenvalue weighted by Gasteiger charge is 2.25. The second-order valence-electron chi connectivity index (χ2n) is 7.42. The maximum atomic E-state index is 11.5. The molecule has 4 rings (SSSR count). The summed E-state index contributed by atoms with van der Waals surface area (Å²) in [5, 5.41) is 5.23. The van der Waals surface area contributed by atoms with Crippen LogP contribution in [0.2, 0.25) is 0 Å². The lowest BCUT2D eigenvalue weighted by atomic mass is 10.0. The number of halogens is 4. The summed E-state index contributed by atoms with van der Waals surface area (Å²) < 4.78 is 42.4. The number of fused-ring (bicyclic) bond motifs is 3. The number of anilines is 1. The van der Waals surface area contributed by atoms with E-state index in [0.717, 1.165) is 33.6 Å². The minimum atomic E-state index is -6.00. The first kappa shape index (κ1) is 22.4. The number of para-hydroxylation sites is 1. The predicted octanol–water partition coefficient (Wildman–Crippen LogP) is 7.45. The molecule has 0 radical (unpaired) electrons. The Labute approximate surface area is 177 Å². The third-order valence-corrected chi connectivity index (χ3v) is 4.69. The molecule has 0 saturated carbocycles. The van der Waals surface area contributed by atoms with Crippen LogP contribution < -0.4 is 5.32 Å². The molecule has 0 spiro atoms. The van der Waals surface area contributed by atoms with Gasteiger partial charge >= 0.3 is 7.25 Å². The second kappa shape index (κ2) is 8.45. The van der Waals surface area contributed by atoms with E-state index in [-0.39, 0.29) is 5.91 Å². The molecule has 31 heavy (non-hydrogen) atoms. The molecule has 162 valence electrons. The molecule has 0 saturated heterocycles. The fourth-order valence-electron chi connectivity index (χ4n) is 3.84. The second-order valence-corrected chi connectivity index (χ2v) is 7.42. The van der Waals surface area contributed by atoms with Crippen molar-refractivity contribution in [3.05, 3.63) is 71.3 Å². The summed E-state index contributed by atoms with van der Waals surface area (Å²) in [7, 11) is -6.00. The van der Waals surface area contributed by atoms with Crippen molar-refractivity contribution >= 4 is 40.8 Å². The molecule has 0 atom stereocenters. The normalized spacial score (nSPS) is 11.4. The highest BCUT2D eigenvalue weighted by Crippen LogP contribution is 2.43. The molecule has 1 N–H and O–H groups in total. The van der Waals surface area contributed by atoms with Gasteiger partial charge in [0.15, 0.2) is 0 Å². The molecule has 8 heteroatoms. The van der Waals surface area contributed by atoms with Crippen molar-refractivity contribution < 1.29 is 26.1 Å². The maximum absolute atomic E-state index is 11.5. The Bertz CT molecular complexity index is 1260. The summed E-state index contributed by atoms with van der Waals surface area (Å²) in [6, 6.07) is 18.8. The smallest absolute Gasteiger partial charge is 0.498 e. The molecule has 0 fully saturated rings. The third kappa shape index (κ3) is 5.07. The van der Waals surface area contributed by atoms with Gasteiger partial charge in [-0.25, -0.2) is 0 Å². The van der Waals surface area contributed by atoms with Crippen molar-refractivity contribution in [1.82, 2.24) is 0 Å². The molecule has 0 bridgehead atoms. The average Bonchev–Trinajstić information content (AvgIpc) is 2.96. The first-order valence-corrected chi connectivity index (χ1v) is 9.66. The van der Waals surface area contributed by atoms with Crippen LogP contribution in [0.25, 0.3) is 27.7 Å². The number of furan rings is 1. The van der Waals surface area contributed by atoms with Crippen molar-refractivity contribution in [1.29, 1.82) is 0 Å². The van der Waals surface area contributed by atoms with Crippen LogP contribution in [0.15, 0.2) is 58.6 Å². The van der Waals surface area contributed by atoms with E-state index in [4.69, 9.17) is 0 Å². The number of rotatable bonds is 2. The Balaban J connectivity index is 0.000000491. The summed E-state index contributed by atoms with van der Waals surface area (Å²) in [5.41, 5.74) is 6.62. The van der Waals surface area contributed by atoms with Crippen LogP contribution in [0.5, 0.6) is 0 Å². The monoisotopic (exact) mass is 431 g/mol. The van der Waals surface area contributed by atoms with Crippen LogP contribution in [0, 0.1) is 20.8 Å². The van der Waals surface area contributed by atoms with Crippen molar-refractivity contribution in [2.45, 2.75) is 27.7 Å². The van der Waals surface area contributed by atoms with E-state index in [1.165, 1.54) is 23.4 Å².